The second-order valence-electron chi connectivity index (χ2n) is 2.91. The number of rotatable bonds is 3. The molecule has 0 aromatic carbocycles. The van der Waals surface area contributed by atoms with Crippen LogP contribution in [0.15, 0.2) is 10.9 Å². The van der Waals surface area contributed by atoms with Gasteiger partial charge in [0.2, 0.25) is 5.88 Å². The van der Waals surface area contributed by atoms with Crippen molar-refractivity contribution in [1.82, 2.24) is 4.98 Å². The summed E-state index contributed by atoms with van der Waals surface area (Å²) in [5, 5.41) is 8.56. The molecule has 4 N–H and O–H groups in total. The normalized spacial score (nSPS) is 11.3. The van der Waals surface area contributed by atoms with E-state index in [4.69, 9.17) is 10.8 Å². The number of aromatic amines is 1. The lowest BCUT2D eigenvalue weighted by Gasteiger charge is -2.12. The van der Waals surface area contributed by atoms with Crippen molar-refractivity contribution >= 4 is 5.97 Å². The predicted octanol–water partition coefficient (Wildman–Crippen LogP) is 0.430. The number of hydrogen-bond acceptors (Lipinski definition) is 4. The molecule has 0 aliphatic heterocycles. The molecule has 0 aliphatic rings. The van der Waals surface area contributed by atoms with Gasteiger partial charge < -0.3 is 20.6 Å². The van der Waals surface area contributed by atoms with Crippen LogP contribution in [0.4, 0.5) is 13.2 Å². The van der Waals surface area contributed by atoms with E-state index in [1.165, 1.54) is 0 Å². The number of carbonyl (C=O) groups is 1. The van der Waals surface area contributed by atoms with Crippen molar-refractivity contribution < 1.29 is 27.8 Å². The van der Waals surface area contributed by atoms with Gasteiger partial charge in [-0.25, -0.2) is 4.79 Å². The Labute approximate surface area is 91.8 Å². The van der Waals surface area contributed by atoms with Crippen molar-refractivity contribution in [3.8, 4) is 5.88 Å². The van der Waals surface area contributed by atoms with Crippen molar-refractivity contribution in [3.63, 3.8) is 0 Å². The Morgan fingerprint density at radius 2 is 2.12 bits per heavy atom. The largest absolute Gasteiger partial charge is 0.574 e. The molecule has 0 amide bonds. The number of alkyl halides is 3. The van der Waals surface area contributed by atoms with Gasteiger partial charge in [0.05, 0.1) is 5.56 Å². The van der Waals surface area contributed by atoms with Crippen LogP contribution < -0.4 is 15.9 Å². The van der Waals surface area contributed by atoms with Crippen LogP contribution in [0.1, 0.15) is 16.1 Å². The Morgan fingerprint density at radius 3 is 2.53 bits per heavy atom. The number of aromatic carboxylic acids is 1. The molecule has 94 valence electrons. The number of H-pyrrole nitrogens is 1. The molecule has 0 radical (unpaired) electrons. The molecule has 6 nitrogen and oxygen atoms in total. The molecular weight excluding hydrogens is 245 g/mol. The van der Waals surface area contributed by atoms with Gasteiger partial charge in [-0.3, -0.25) is 4.79 Å². The second kappa shape index (κ2) is 4.45. The molecule has 1 aromatic rings. The lowest BCUT2D eigenvalue weighted by Crippen LogP contribution is -2.24. The average molecular weight is 252 g/mol. The summed E-state index contributed by atoms with van der Waals surface area (Å²) in [6, 6.07) is 0.633. The fourth-order valence-corrected chi connectivity index (χ4v) is 1.08. The third-order valence-electron chi connectivity index (χ3n) is 1.75. The van der Waals surface area contributed by atoms with Gasteiger partial charge in [-0.1, -0.05) is 0 Å². The Morgan fingerprint density at radius 1 is 1.53 bits per heavy atom. The van der Waals surface area contributed by atoms with Crippen LogP contribution in [0.5, 0.6) is 5.88 Å². The summed E-state index contributed by atoms with van der Waals surface area (Å²) in [4.78, 5) is 23.6. The van der Waals surface area contributed by atoms with Crippen LogP contribution in [-0.2, 0) is 6.54 Å². The number of halogens is 3. The van der Waals surface area contributed by atoms with Crippen LogP contribution in [0, 0.1) is 0 Å². The van der Waals surface area contributed by atoms with E-state index in [0.29, 0.717) is 6.07 Å². The molecule has 1 heterocycles. The first-order chi connectivity index (χ1) is 7.74. The zero-order chi connectivity index (χ0) is 13.2. The number of hydrogen-bond donors (Lipinski definition) is 3. The van der Waals surface area contributed by atoms with Crippen molar-refractivity contribution in [2.45, 2.75) is 12.9 Å². The summed E-state index contributed by atoms with van der Waals surface area (Å²) in [6.07, 6.45) is -5.05. The van der Waals surface area contributed by atoms with Crippen LogP contribution in [0.2, 0.25) is 0 Å². The molecule has 1 rings (SSSR count). The van der Waals surface area contributed by atoms with E-state index < -0.39 is 41.4 Å². The minimum absolute atomic E-state index is 0.479. The lowest BCUT2D eigenvalue weighted by atomic mass is 10.2. The fourth-order valence-electron chi connectivity index (χ4n) is 1.08. The Kier molecular flexibility index (Phi) is 3.42. The maximum atomic E-state index is 12.0. The van der Waals surface area contributed by atoms with E-state index in [1.54, 1.807) is 0 Å². The van der Waals surface area contributed by atoms with Gasteiger partial charge in [0.15, 0.2) is 5.43 Å². The summed E-state index contributed by atoms with van der Waals surface area (Å²) in [7, 11) is 0. The third-order valence-corrected chi connectivity index (χ3v) is 1.75. The van der Waals surface area contributed by atoms with Gasteiger partial charge in [0.1, 0.15) is 5.69 Å². The number of nitrogens with two attached hydrogens (primary N) is 1. The van der Waals surface area contributed by atoms with Gasteiger partial charge in [0.25, 0.3) is 0 Å². The first kappa shape index (κ1) is 13.0. The highest BCUT2D eigenvalue weighted by molar-refractivity contribution is 5.85. The molecule has 0 saturated carbocycles. The summed E-state index contributed by atoms with van der Waals surface area (Å²) in [6.45, 7) is -0.513. The lowest BCUT2D eigenvalue weighted by molar-refractivity contribution is -0.276. The maximum absolute atomic E-state index is 12.0. The third kappa shape index (κ3) is 3.21. The molecule has 0 fully saturated rings. The van der Waals surface area contributed by atoms with Crippen molar-refractivity contribution in [2.75, 3.05) is 0 Å². The van der Waals surface area contributed by atoms with E-state index >= 15 is 0 Å². The standard InChI is InChI=1S/C8H7F3N2O4/c9-8(10,11)17-6-3(2-12)5(14)1-4(13-6)7(15)16/h1H,2,12H2,(H,13,14)(H,15,16). The monoisotopic (exact) mass is 252 g/mol. The minimum atomic E-state index is -5.05. The number of aromatic nitrogens is 1. The molecule has 0 bridgehead atoms. The molecular formula is C8H7F3N2O4. The van der Waals surface area contributed by atoms with Gasteiger partial charge in [-0.2, -0.15) is 0 Å². The predicted molar refractivity (Wildman–Crippen MR) is 48.6 cm³/mol. The quantitative estimate of drug-likeness (QED) is 0.723. The smallest absolute Gasteiger partial charge is 0.477 e. The number of ether oxygens (including phenoxy) is 1. The molecule has 0 saturated heterocycles. The molecule has 0 unspecified atom stereocenters. The van der Waals surface area contributed by atoms with Gasteiger partial charge >= 0.3 is 12.3 Å². The average Bonchev–Trinajstić information content (AvgIpc) is 2.14. The van der Waals surface area contributed by atoms with Crippen LogP contribution in [0.3, 0.4) is 0 Å². The number of carboxylic acids is 1. The fraction of sp³-hybridized carbons (Fsp3) is 0.250. The van der Waals surface area contributed by atoms with Gasteiger partial charge in [0, 0.05) is 12.6 Å². The highest BCUT2D eigenvalue weighted by atomic mass is 19.4. The van der Waals surface area contributed by atoms with E-state index in [0.717, 1.165) is 0 Å². The summed E-state index contributed by atoms with van der Waals surface area (Å²) < 4.78 is 39.5. The van der Waals surface area contributed by atoms with Crippen molar-refractivity contribution in [1.29, 1.82) is 0 Å². The Bertz CT molecular complexity index is 495. The van der Waals surface area contributed by atoms with E-state index in [1.807, 2.05) is 4.98 Å². The molecule has 17 heavy (non-hydrogen) atoms. The highest BCUT2D eigenvalue weighted by Gasteiger charge is 2.33. The van der Waals surface area contributed by atoms with E-state index in [9.17, 15) is 22.8 Å². The van der Waals surface area contributed by atoms with Crippen molar-refractivity contribution in [3.05, 3.63) is 27.5 Å². The van der Waals surface area contributed by atoms with Gasteiger partial charge in [-0.05, 0) is 0 Å². The molecule has 0 spiro atoms. The van der Waals surface area contributed by atoms with E-state index in [2.05, 4.69) is 4.74 Å². The minimum Gasteiger partial charge on any atom is -0.477 e. The van der Waals surface area contributed by atoms with Crippen molar-refractivity contribution in [2.24, 2.45) is 5.73 Å². The summed E-state index contributed by atoms with van der Waals surface area (Å²) in [5.74, 6) is -2.59. The topological polar surface area (TPSA) is 105 Å². The number of nitrogens with one attached hydrogen (secondary N) is 1. The van der Waals surface area contributed by atoms with Crippen LogP contribution >= 0.6 is 0 Å². The zero-order valence-corrected chi connectivity index (χ0v) is 8.17. The maximum Gasteiger partial charge on any atom is 0.574 e. The Hall–Kier alpha value is -2.03. The van der Waals surface area contributed by atoms with Crippen LogP contribution in [-0.4, -0.2) is 22.4 Å². The van der Waals surface area contributed by atoms with E-state index in [-0.39, 0.29) is 0 Å². The molecule has 1 aromatic heterocycles. The Balaban J connectivity index is 3.34. The van der Waals surface area contributed by atoms with Gasteiger partial charge in [-0.15, -0.1) is 13.2 Å². The molecule has 9 heteroatoms. The van der Waals surface area contributed by atoms with Crippen LogP contribution in [0.25, 0.3) is 0 Å². The second-order valence-corrected chi connectivity index (χ2v) is 2.91. The first-order valence-corrected chi connectivity index (χ1v) is 4.20. The molecule has 0 atom stereocenters. The summed E-state index contributed by atoms with van der Waals surface area (Å²) in [5.41, 5.74) is 2.94. The SMILES string of the molecule is NCc1c(OC(F)(F)F)[nH]c(C(=O)O)cc1=O. The molecule has 0 aliphatic carbocycles. The summed E-state index contributed by atoms with van der Waals surface area (Å²) >= 11 is 0. The zero-order valence-electron chi connectivity index (χ0n) is 8.17. The number of pyridine rings is 1. The first-order valence-electron chi connectivity index (χ1n) is 4.20. The number of carboxylic acid groups (broad SMARTS) is 1. The highest BCUT2D eigenvalue weighted by Crippen LogP contribution is 2.22.